The number of hydrogen-bond donors (Lipinski definition) is 2. The second kappa shape index (κ2) is 2.46. The molecule has 1 heterocycles. The highest BCUT2D eigenvalue weighted by atomic mass is 16.3. The summed E-state index contributed by atoms with van der Waals surface area (Å²) in [6.07, 6.45) is 2.58. The van der Waals surface area contributed by atoms with Crippen LogP contribution in [0.1, 0.15) is 26.7 Å². The van der Waals surface area contributed by atoms with Crippen LogP contribution in [0.3, 0.4) is 0 Å². The smallest absolute Gasteiger partial charge is 0.0470 e. The highest BCUT2D eigenvalue weighted by Gasteiger charge is 2.69. The SMILES string of the molecule is CC1(C)C(CO)C12CCCNC2. The summed E-state index contributed by atoms with van der Waals surface area (Å²) in [5.41, 5.74) is 0.801. The van der Waals surface area contributed by atoms with E-state index in [0.717, 1.165) is 13.1 Å². The molecule has 1 aliphatic heterocycles. The molecule has 12 heavy (non-hydrogen) atoms. The molecule has 0 bridgehead atoms. The number of aliphatic hydroxyl groups excluding tert-OH is 1. The molecule has 2 rings (SSSR count). The predicted octanol–water partition coefficient (Wildman–Crippen LogP) is 1.00. The molecule has 0 amide bonds. The van der Waals surface area contributed by atoms with Crippen LogP contribution in [-0.2, 0) is 0 Å². The van der Waals surface area contributed by atoms with Gasteiger partial charge < -0.3 is 10.4 Å². The lowest BCUT2D eigenvalue weighted by Gasteiger charge is -2.26. The van der Waals surface area contributed by atoms with Gasteiger partial charge in [-0.1, -0.05) is 13.8 Å². The molecule has 2 nitrogen and oxygen atoms in total. The van der Waals surface area contributed by atoms with Crippen LogP contribution in [0.5, 0.6) is 0 Å². The van der Waals surface area contributed by atoms with E-state index in [2.05, 4.69) is 19.2 Å². The van der Waals surface area contributed by atoms with E-state index in [0.29, 0.717) is 23.4 Å². The summed E-state index contributed by atoms with van der Waals surface area (Å²) in [5.74, 6) is 0.540. The van der Waals surface area contributed by atoms with E-state index in [-0.39, 0.29) is 0 Å². The average molecular weight is 169 g/mol. The van der Waals surface area contributed by atoms with Gasteiger partial charge in [0.25, 0.3) is 0 Å². The summed E-state index contributed by atoms with van der Waals surface area (Å²) in [6, 6.07) is 0. The van der Waals surface area contributed by atoms with Gasteiger partial charge in [-0.15, -0.1) is 0 Å². The zero-order chi connectivity index (χ0) is 8.82. The quantitative estimate of drug-likeness (QED) is 0.614. The minimum atomic E-state index is 0.370. The van der Waals surface area contributed by atoms with E-state index < -0.39 is 0 Å². The predicted molar refractivity (Wildman–Crippen MR) is 48.9 cm³/mol. The van der Waals surface area contributed by atoms with Crippen LogP contribution in [0, 0.1) is 16.7 Å². The lowest BCUT2D eigenvalue weighted by Crippen LogP contribution is -2.34. The molecule has 1 spiro atoms. The number of aliphatic hydroxyl groups is 1. The Kier molecular flexibility index (Phi) is 1.74. The Morgan fingerprint density at radius 2 is 2.25 bits per heavy atom. The fraction of sp³-hybridized carbons (Fsp3) is 1.00. The third kappa shape index (κ3) is 0.826. The summed E-state index contributed by atoms with van der Waals surface area (Å²) in [4.78, 5) is 0. The fourth-order valence-electron chi connectivity index (χ4n) is 3.24. The fourth-order valence-corrected chi connectivity index (χ4v) is 3.24. The van der Waals surface area contributed by atoms with E-state index in [1.54, 1.807) is 0 Å². The van der Waals surface area contributed by atoms with Gasteiger partial charge in [0.2, 0.25) is 0 Å². The number of nitrogens with one attached hydrogen (secondary N) is 1. The topological polar surface area (TPSA) is 32.3 Å². The molecular weight excluding hydrogens is 150 g/mol. The first-order valence-corrected chi connectivity index (χ1v) is 4.97. The van der Waals surface area contributed by atoms with Crippen LogP contribution >= 0.6 is 0 Å². The van der Waals surface area contributed by atoms with E-state index in [4.69, 9.17) is 0 Å². The van der Waals surface area contributed by atoms with Gasteiger partial charge in [-0.2, -0.15) is 0 Å². The average Bonchev–Trinajstić information content (AvgIpc) is 2.49. The molecule has 2 N–H and O–H groups in total. The van der Waals surface area contributed by atoms with Gasteiger partial charge >= 0.3 is 0 Å². The highest BCUT2D eigenvalue weighted by Crippen LogP contribution is 2.70. The van der Waals surface area contributed by atoms with Gasteiger partial charge in [0.05, 0.1) is 0 Å². The van der Waals surface area contributed by atoms with Crippen molar-refractivity contribution in [2.75, 3.05) is 19.7 Å². The second-order valence-corrected chi connectivity index (χ2v) is 4.89. The molecule has 1 saturated heterocycles. The zero-order valence-corrected chi connectivity index (χ0v) is 8.06. The summed E-state index contributed by atoms with van der Waals surface area (Å²) >= 11 is 0. The normalized spacial score (nSPS) is 44.8. The Morgan fingerprint density at radius 3 is 2.67 bits per heavy atom. The first-order valence-electron chi connectivity index (χ1n) is 4.97. The molecule has 2 heteroatoms. The lowest BCUT2D eigenvalue weighted by molar-refractivity contribution is 0.229. The maximum absolute atomic E-state index is 9.23. The largest absolute Gasteiger partial charge is 0.396 e. The number of piperidine rings is 1. The molecule has 1 saturated carbocycles. The zero-order valence-electron chi connectivity index (χ0n) is 8.06. The van der Waals surface area contributed by atoms with Crippen molar-refractivity contribution in [3.8, 4) is 0 Å². The number of hydrogen-bond acceptors (Lipinski definition) is 2. The molecular formula is C10H19NO. The Labute approximate surface area is 74.4 Å². The van der Waals surface area contributed by atoms with Crippen molar-refractivity contribution in [1.82, 2.24) is 5.32 Å². The van der Waals surface area contributed by atoms with Crippen molar-refractivity contribution in [2.45, 2.75) is 26.7 Å². The minimum absolute atomic E-state index is 0.370. The molecule has 2 fully saturated rings. The van der Waals surface area contributed by atoms with Crippen molar-refractivity contribution < 1.29 is 5.11 Å². The molecule has 2 unspecified atom stereocenters. The van der Waals surface area contributed by atoms with E-state index in [1.165, 1.54) is 12.8 Å². The second-order valence-electron chi connectivity index (χ2n) is 4.89. The lowest BCUT2D eigenvalue weighted by atomic mass is 9.88. The van der Waals surface area contributed by atoms with Crippen molar-refractivity contribution >= 4 is 0 Å². The van der Waals surface area contributed by atoms with E-state index >= 15 is 0 Å². The molecule has 0 aromatic heterocycles. The summed E-state index contributed by atoms with van der Waals surface area (Å²) in [7, 11) is 0. The highest BCUT2D eigenvalue weighted by molar-refractivity contribution is 5.18. The third-order valence-corrected chi connectivity index (χ3v) is 4.34. The summed E-state index contributed by atoms with van der Waals surface area (Å²) < 4.78 is 0. The van der Waals surface area contributed by atoms with Gasteiger partial charge in [0.15, 0.2) is 0 Å². The van der Waals surface area contributed by atoms with Gasteiger partial charge in [0.1, 0.15) is 0 Å². The molecule has 0 aromatic rings. The molecule has 0 aromatic carbocycles. The first kappa shape index (κ1) is 8.52. The maximum Gasteiger partial charge on any atom is 0.0470 e. The summed E-state index contributed by atoms with van der Waals surface area (Å²) in [5, 5.41) is 12.7. The Bertz CT molecular complexity index is 182. The van der Waals surface area contributed by atoms with Crippen LogP contribution in [0.25, 0.3) is 0 Å². The van der Waals surface area contributed by atoms with Crippen LogP contribution < -0.4 is 5.32 Å². The monoisotopic (exact) mass is 169 g/mol. The van der Waals surface area contributed by atoms with Crippen LogP contribution in [0.4, 0.5) is 0 Å². The van der Waals surface area contributed by atoms with Gasteiger partial charge in [-0.3, -0.25) is 0 Å². The molecule has 0 radical (unpaired) electrons. The standard InChI is InChI=1S/C10H19NO/c1-9(2)8(6-12)10(9)4-3-5-11-7-10/h8,11-12H,3-7H2,1-2H3. The van der Waals surface area contributed by atoms with Crippen molar-refractivity contribution in [3.63, 3.8) is 0 Å². The minimum Gasteiger partial charge on any atom is -0.396 e. The molecule has 1 aliphatic carbocycles. The number of rotatable bonds is 1. The first-order chi connectivity index (χ1) is 5.65. The summed E-state index contributed by atoms with van der Waals surface area (Å²) in [6.45, 7) is 7.23. The molecule has 2 aliphatic rings. The van der Waals surface area contributed by atoms with Crippen LogP contribution in [0.2, 0.25) is 0 Å². The van der Waals surface area contributed by atoms with Gasteiger partial charge in [-0.05, 0) is 36.1 Å². The van der Waals surface area contributed by atoms with E-state index in [9.17, 15) is 5.11 Å². The van der Waals surface area contributed by atoms with E-state index in [1.807, 2.05) is 0 Å². The van der Waals surface area contributed by atoms with Crippen molar-refractivity contribution in [3.05, 3.63) is 0 Å². The van der Waals surface area contributed by atoms with Gasteiger partial charge in [-0.25, -0.2) is 0 Å². The van der Waals surface area contributed by atoms with Crippen LogP contribution in [0.15, 0.2) is 0 Å². The van der Waals surface area contributed by atoms with Crippen molar-refractivity contribution in [2.24, 2.45) is 16.7 Å². The maximum atomic E-state index is 9.23. The van der Waals surface area contributed by atoms with Crippen molar-refractivity contribution in [1.29, 1.82) is 0 Å². The molecule has 2 atom stereocenters. The third-order valence-electron chi connectivity index (χ3n) is 4.34. The Hall–Kier alpha value is -0.0800. The molecule has 70 valence electrons. The Balaban J connectivity index is 2.12. The van der Waals surface area contributed by atoms with Crippen LogP contribution in [-0.4, -0.2) is 24.8 Å². The Morgan fingerprint density at radius 1 is 1.50 bits per heavy atom. The van der Waals surface area contributed by atoms with Gasteiger partial charge in [0, 0.05) is 13.2 Å².